The van der Waals surface area contributed by atoms with E-state index in [2.05, 4.69) is 11.9 Å². The number of benzene rings is 1. The molecular weight excluding hydrogens is 286 g/mol. The zero-order chi connectivity index (χ0) is 16.5. The highest BCUT2D eigenvalue weighted by molar-refractivity contribution is 6.07. The second kappa shape index (κ2) is 8.69. The van der Waals surface area contributed by atoms with Gasteiger partial charge in [-0.05, 0) is 18.6 Å². The van der Waals surface area contributed by atoms with E-state index in [0.717, 1.165) is 12.8 Å². The van der Waals surface area contributed by atoms with Gasteiger partial charge in [-0.3, -0.25) is 9.59 Å². The lowest BCUT2D eigenvalue weighted by molar-refractivity contribution is 0.0977. The summed E-state index contributed by atoms with van der Waals surface area (Å²) in [5.74, 6) is -0.0221. The van der Waals surface area contributed by atoms with Crippen LogP contribution < -0.4 is 0 Å². The van der Waals surface area contributed by atoms with Crippen molar-refractivity contribution in [2.45, 2.75) is 26.2 Å². The molecule has 0 saturated carbocycles. The van der Waals surface area contributed by atoms with Gasteiger partial charge in [0, 0.05) is 23.7 Å². The minimum absolute atomic E-state index is 0.0809. The molecule has 0 aliphatic heterocycles. The van der Waals surface area contributed by atoms with Crippen LogP contribution in [0.5, 0.6) is 0 Å². The van der Waals surface area contributed by atoms with Crippen molar-refractivity contribution in [3.05, 3.63) is 83.7 Å². The SMILES string of the molecule is CCCCC(=O)c1cccccc(C(=O)c2ccccc2)[nH]c1. The fourth-order valence-electron chi connectivity index (χ4n) is 2.17. The van der Waals surface area contributed by atoms with Crippen LogP contribution in [0.2, 0.25) is 0 Å². The van der Waals surface area contributed by atoms with Crippen LogP contribution in [-0.2, 0) is 0 Å². The third-order valence-corrected chi connectivity index (χ3v) is 3.50. The first-order valence-electron chi connectivity index (χ1n) is 7.87. The van der Waals surface area contributed by atoms with E-state index in [1.165, 1.54) is 0 Å². The summed E-state index contributed by atoms with van der Waals surface area (Å²) in [7, 11) is 0. The molecule has 1 aromatic carbocycles. The number of Topliss-reactive ketones (excluding diaryl/α,β-unsaturated/α-hetero) is 1. The molecule has 0 aliphatic carbocycles. The molecule has 23 heavy (non-hydrogen) atoms. The maximum absolute atomic E-state index is 12.5. The third-order valence-electron chi connectivity index (χ3n) is 3.50. The molecule has 0 atom stereocenters. The first kappa shape index (κ1) is 16.7. The summed E-state index contributed by atoms with van der Waals surface area (Å²) in [5.41, 5.74) is 1.63. The number of carbonyl (C=O) groups excluding carboxylic acids is 2. The summed E-state index contributed by atoms with van der Waals surface area (Å²) >= 11 is 0. The Morgan fingerprint density at radius 2 is 1.48 bits per heavy atom. The van der Waals surface area contributed by atoms with Crippen molar-refractivity contribution >= 4 is 11.6 Å². The Morgan fingerprint density at radius 3 is 2.13 bits per heavy atom. The van der Waals surface area contributed by atoms with Crippen LogP contribution in [0, 0.1) is 0 Å². The first-order chi connectivity index (χ1) is 11.2. The van der Waals surface area contributed by atoms with Gasteiger partial charge in [0.25, 0.3) is 0 Å². The van der Waals surface area contributed by atoms with Gasteiger partial charge in [-0.2, -0.15) is 0 Å². The maximum atomic E-state index is 12.5. The normalized spacial score (nSPS) is 9.96. The minimum atomic E-state index is -0.103. The van der Waals surface area contributed by atoms with Gasteiger partial charge in [0.2, 0.25) is 5.78 Å². The van der Waals surface area contributed by atoms with Crippen LogP contribution in [0.3, 0.4) is 0 Å². The fourth-order valence-corrected chi connectivity index (χ4v) is 2.17. The fraction of sp³-hybridized carbons (Fsp3) is 0.200. The second-order valence-corrected chi connectivity index (χ2v) is 5.29. The van der Waals surface area contributed by atoms with Crippen LogP contribution in [0.1, 0.15) is 52.6 Å². The van der Waals surface area contributed by atoms with E-state index in [4.69, 9.17) is 0 Å². The molecule has 1 N–H and O–H groups in total. The highest BCUT2D eigenvalue weighted by Crippen LogP contribution is 2.08. The number of H-pyrrole nitrogens is 1. The van der Waals surface area contributed by atoms with Crippen LogP contribution in [0.25, 0.3) is 0 Å². The van der Waals surface area contributed by atoms with E-state index in [1.54, 1.807) is 36.5 Å². The lowest BCUT2D eigenvalue weighted by atomic mass is 10.1. The Morgan fingerprint density at radius 1 is 0.870 bits per heavy atom. The molecule has 2 rings (SSSR count). The third kappa shape index (κ3) is 4.92. The van der Waals surface area contributed by atoms with Crippen molar-refractivity contribution in [3.63, 3.8) is 0 Å². The van der Waals surface area contributed by atoms with Crippen molar-refractivity contribution in [1.29, 1.82) is 0 Å². The predicted molar refractivity (Wildman–Crippen MR) is 92.2 cm³/mol. The Labute approximate surface area is 136 Å². The van der Waals surface area contributed by atoms with E-state index in [0.29, 0.717) is 23.2 Å². The van der Waals surface area contributed by atoms with Gasteiger partial charge in [-0.1, -0.05) is 61.9 Å². The molecule has 0 fully saturated rings. The molecule has 0 bridgehead atoms. The van der Waals surface area contributed by atoms with Gasteiger partial charge in [0.05, 0.1) is 5.69 Å². The molecule has 1 heterocycles. The molecule has 2 aromatic rings. The van der Waals surface area contributed by atoms with Gasteiger partial charge in [-0.25, -0.2) is 0 Å². The summed E-state index contributed by atoms with van der Waals surface area (Å²) in [6, 6.07) is 18.0. The van der Waals surface area contributed by atoms with Crippen molar-refractivity contribution in [1.82, 2.24) is 4.98 Å². The minimum Gasteiger partial charge on any atom is -0.358 e. The molecule has 0 amide bonds. The van der Waals surface area contributed by atoms with E-state index >= 15 is 0 Å². The average molecular weight is 307 g/mol. The molecule has 3 nitrogen and oxygen atoms in total. The van der Waals surface area contributed by atoms with E-state index in [9.17, 15) is 9.59 Å². The van der Waals surface area contributed by atoms with Crippen LogP contribution in [-0.4, -0.2) is 16.6 Å². The number of aromatic amines is 1. The van der Waals surface area contributed by atoms with Gasteiger partial charge >= 0.3 is 0 Å². The smallest absolute Gasteiger partial charge is 0.209 e. The first-order valence-corrected chi connectivity index (χ1v) is 7.87. The van der Waals surface area contributed by atoms with Crippen LogP contribution in [0.15, 0.2) is 66.9 Å². The van der Waals surface area contributed by atoms with Gasteiger partial charge in [0.15, 0.2) is 5.78 Å². The van der Waals surface area contributed by atoms with Crippen molar-refractivity contribution in [2.75, 3.05) is 0 Å². The van der Waals surface area contributed by atoms with Crippen molar-refractivity contribution < 1.29 is 9.59 Å². The number of hydrogen-bond acceptors (Lipinski definition) is 2. The number of nitrogens with one attached hydrogen (secondary N) is 1. The number of carbonyl (C=O) groups is 2. The molecule has 0 spiro atoms. The van der Waals surface area contributed by atoms with Crippen LogP contribution in [0.4, 0.5) is 0 Å². The topological polar surface area (TPSA) is 49.9 Å². The summed E-state index contributed by atoms with van der Waals surface area (Å²) in [5, 5.41) is 0. The van der Waals surface area contributed by atoms with E-state index in [-0.39, 0.29) is 11.6 Å². The quantitative estimate of drug-likeness (QED) is 0.783. The number of ketones is 2. The summed E-state index contributed by atoms with van der Waals surface area (Å²) in [6.07, 6.45) is 3.98. The van der Waals surface area contributed by atoms with E-state index in [1.807, 2.05) is 30.3 Å². The Kier molecular flexibility index (Phi) is 6.30. The Bertz CT molecular complexity index is 715. The van der Waals surface area contributed by atoms with E-state index < -0.39 is 0 Å². The highest BCUT2D eigenvalue weighted by Gasteiger charge is 2.08. The van der Waals surface area contributed by atoms with Gasteiger partial charge < -0.3 is 4.98 Å². The summed E-state index contributed by atoms with van der Waals surface area (Å²) in [6.45, 7) is 2.06. The zero-order valence-electron chi connectivity index (χ0n) is 13.3. The summed E-state index contributed by atoms with van der Waals surface area (Å²) in [4.78, 5) is 27.7. The molecular formula is C20H21NO2. The largest absolute Gasteiger partial charge is 0.358 e. The molecule has 118 valence electrons. The zero-order valence-corrected chi connectivity index (χ0v) is 13.3. The lowest BCUT2D eigenvalue weighted by Crippen LogP contribution is -2.03. The van der Waals surface area contributed by atoms with Gasteiger partial charge in [-0.15, -0.1) is 0 Å². The Hall–Kier alpha value is -2.68. The Balaban J connectivity index is 2.36. The standard InChI is InChI=1S/C20H21NO2/c1-2-3-14-19(22)17-12-8-5-9-13-18(21-15-17)20(23)16-10-6-4-7-11-16/h4-13,15,21H,2-3,14H2,1H3. The number of rotatable bonds is 6. The van der Waals surface area contributed by atoms with Crippen molar-refractivity contribution in [2.24, 2.45) is 0 Å². The molecule has 0 aliphatic rings. The molecule has 0 radical (unpaired) electrons. The molecule has 0 unspecified atom stereocenters. The summed E-state index contributed by atoms with van der Waals surface area (Å²) < 4.78 is 0. The number of aromatic nitrogens is 1. The molecule has 3 heteroatoms. The second-order valence-electron chi connectivity index (χ2n) is 5.29. The number of unbranched alkanes of at least 4 members (excludes halogenated alkanes) is 1. The maximum Gasteiger partial charge on any atom is 0.209 e. The highest BCUT2D eigenvalue weighted by atomic mass is 16.1. The molecule has 0 saturated heterocycles. The van der Waals surface area contributed by atoms with Crippen LogP contribution >= 0.6 is 0 Å². The van der Waals surface area contributed by atoms with Crippen molar-refractivity contribution in [3.8, 4) is 0 Å². The van der Waals surface area contributed by atoms with Gasteiger partial charge in [0.1, 0.15) is 0 Å². The number of hydrogen-bond donors (Lipinski definition) is 1. The lowest BCUT2D eigenvalue weighted by Gasteiger charge is -2.00. The molecule has 1 aromatic heterocycles. The predicted octanol–water partition coefficient (Wildman–Crippen LogP) is 4.74. The monoisotopic (exact) mass is 307 g/mol. The average Bonchev–Trinajstić information content (AvgIpc) is 2.72.